The monoisotopic (exact) mass is 378 g/mol. The van der Waals surface area contributed by atoms with Gasteiger partial charge in [-0.15, -0.1) is 0 Å². The molecule has 0 spiro atoms. The van der Waals surface area contributed by atoms with E-state index in [-0.39, 0.29) is 37.4 Å². The molecule has 1 heterocycles. The molecule has 26 heavy (non-hydrogen) atoms. The Kier molecular flexibility index (Phi) is 21.5. The number of aromatic nitrogens is 2. The topological polar surface area (TPSA) is 103 Å². The number of imidazole rings is 1. The van der Waals surface area contributed by atoms with Crippen molar-refractivity contribution < 1.29 is 50.8 Å². The molecule has 1 atom stereocenters. The molecular formula is C19H35N2NaO4. The van der Waals surface area contributed by atoms with E-state index in [0.717, 1.165) is 19.3 Å². The van der Waals surface area contributed by atoms with Crippen molar-refractivity contribution >= 4 is 11.9 Å². The first-order valence-corrected chi connectivity index (χ1v) is 9.45. The Bertz CT molecular complexity index is 416. The van der Waals surface area contributed by atoms with Crippen molar-refractivity contribution in [3.8, 4) is 0 Å². The molecule has 0 bridgehead atoms. The van der Waals surface area contributed by atoms with E-state index in [4.69, 9.17) is 10.2 Å². The largest absolute Gasteiger partial charge is 1.00 e. The summed E-state index contributed by atoms with van der Waals surface area (Å²) < 4.78 is 0. The second kappa shape index (κ2) is 20.5. The zero-order valence-corrected chi connectivity index (χ0v) is 18.5. The summed E-state index contributed by atoms with van der Waals surface area (Å²) in [5.74, 6) is -2.73. The van der Waals surface area contributed by atoms with Gasteiger partial charge in [0, 0.05) is 12.4 Å². The minimum atomic E-state index is -1.02. The molecule has 0 amide bonds. The van der Waals surface area contributed by atoms with E-state index in [1.54, 1.807) is 18.7 Å². The van der Waals surface area contributed by atoms with Crippen LogP contribution in [-0.4, -0.2) is 32.1 Å². The fourth-order valence-corrected chi connectivity index (χ4v) is 2.62. The van der Waals surface area contributed by atoms with E-state index in [1.165, 1.54) is 44.9 Å². The van der Waals surface area contributed by atoms with E-state index in [1.807, 2.05) is 0 Å². The number of carboxylic acid groups (broad SMARTS) is 2. The van der Waals surface area contributed by atoms with Gasteiger partial charge in [0.1, 0.15) is 0 Å². The Morgan fingerprint density at radius 3 is 1.88 bits per heavy atom. The molecule has 0 aromatic carbocycles. The smallest absolute Gasteiger partial charge is 1.00 e. The number of aromatic amines is 1. The first-order chi connectivity index (χ1) is 12.1. The summed E-state index contributed by atoms with van der Waals surface area (Å²) >= 11 is 0. The van der Waals surface area contributed by atoms with Crippen molar-refractivity contribution in [1.29, 1.82) is 0 Å². The Morgan fingerprint density at radius 2 is 1.54 bits per heavy atom. The van der Waals surface area contributed by atoms with Gasteiger partial charge in [-0.05, 0) is 6.42 Å². The average molecular weight is 378 g/mol. The zero-order valence-electron chi connectivity index (χ0n) is 17.5. The SMILES string of the molecule is CCCCCCCCCCCCC(CC(=O)O)C(=O)O.[H-].[Na+].c1c[nH]cn1. The van der Waals surface area contributed by atoms with Crippen LogP contribution in [0.2, 0.25) is 0 Å². The standard InChI is InChI=1S/C16H30O4.C3H4N2.Na.H/c1-2-3-4-5-6-7-8-9-10-11-12-14(16(19)20)13-15(17)18;1-2-5-3-4-1;;/h14H,2-13H2,1H3,(H,17,18)(H,19,20);1-3H,(H,4,5);;/q;;+1;-1. The molecule has 1 unspecified atom stereocenters. The Hall–Kier alpha value is -0.850. The van der Waals surface area contributed by atoms with Crippen molar-refractivity contribution in [2.24, 2.45) is 5.92 Å². The quantitative estimate of drug-likeness (QED) is 0.339. The van der Waals surface area contributed by atoms with Crippen LogP contribution in [-0.2, 0) is 9.59 Å². The number of carboxylic acids is 2. The average Bonchev–Trinajstić information content (AvgIpc) is 3.14. The van der Waals surface area contributed by atoms with Crippen LogP contribution in [0.15, 0.2) is 18.7 Å². The summed E-state index contributed by atoms with van der Waals surface area (Å²) in [6.07, 6.45) is 17.3. The van der Waals surface area contributed by atoms with Gasteiger partial charge in [-0.1, -0.05) is 71.1 Å². The number of hydrogen-bond donors (Lipinski definition) is 3. The van der Waals surface area contributed by atoms with Crippen LogP contribution < -0.4 is 29.6 Å². The van der Waals surface area contributed by atoms with E-state index in [9.17, 15) is 9.59 Å². The van der Waals surface area contributed by atoms with Crippen molar-refractivity contribution in [1.82, 2.24) is 9.97 Å². The maximum Gasteiger partial charge on any atom is 1.00 e. The second-order valence-electron chi connectivity index (χ2n) is 6.36. The zero-order chi connectivity index (χ0) is 18.8. The molecule has 0 saturated heterocycles. The minimum Gasteiger partial charge on any atom is -1.00 e. The third-order valence-corrected chi connectivity index (χ3v) is 4.08. The first kappa shape index (κ1) is 27.4. The van der Waals surface area contributed by atoms with Gasteiger partial charge in [0.2, 0.25) is 0 Å². The number of carbonyl (C=O) groups is 2. The maximum atomic E-state index is 10.9. The van der Waals surface area contributed by atoms with Gasteiger partial charge >= 0.3 is 41.5 Å². The maximum absolute atomic E-state index is 10.9. The van der Waals surface area contributed by atoms with Crippen LogP contribution in [0.25, 0.3) is 0 Å². The summed E-state index contributed by atoms with van der Waals surface area (Å²) in [6, 6.07) is 0. The van der Waals surface area contributed by atoms with Crippen molar-refractivity contribution in [2.75, 3.05) is 0 Å². The Morgan fingerprint density at radius 1 is 1.00 bits per heavy atom. The number of H-pyrrole nitrogens is 1. The molecule has 3 N–H and O–H groups in total. The normalized spacial score (nSPS) is 11.0. The van der Waals surface area contributed by atoms with Crippen LogP contribution in [0, 0.1) is 5.92 Å². The van der Waals surface area contributed by atoms with Gasteiger partial charge in [0.15, 0.2) is 0 Å². The number of rotatable bonds is 14. The summed E-state index contributed by atoms with van der Waals surface area (Å²) in [5, 5.41) is 17.5. The number of nitrogens with one attached hydrogen (secondary N) is 1. The van der Waals surface area contributed by atoms with Gasteiger partial charge in [0.05, 0.1) is 18.7 Å². The summed E-state index contributed by atoms with van der Waals surface area (Å²) in [4.78, 5) is 27.8. The van der Waals surface area contributed by atoms with E-state index in [2.05, 4.69) is 16.9 Å². The van der Waals surface area contributed by atoms with Gasteiger partial charge in [0.25, 0.3) is 0 Å². The molecule has 0 aliphatic carbocycles. The molecular weight excluding hydrogens is 343 g/mol. The molecule has 7 heteroatoms. The van der Waals surface area contributed by atoms with Gasteiger partial charge in [-0.3, -0.25) is 9.59 Å². The molecule has 1 aromatic heterocycles. The molecule has 1 rings (SSSR count). The molecule has 0 aliphatic rings. The summed E-state index contributed by atoms with van der Waals surface area (Å²) in [5.41, 5.74) is 0. The molecule has 146 valence electrons. The summed E-state index contributed by atoms with van der Waals surface area (Å²) in [6.45, 7) is 2.22. The molecule has 0 aliphatic heterocycles. The van der Waals surface area contributed by atoms with Crippen LogP contribution in [0.1, 0.15) is 85.4 Å². The minimum absolute atomic E-state index is 0. The first-order valence-electron chi connectivity index (χ1n) is 9.45. The number of unbranched alkanes of at least 4 members (excludes halogenated alkanes) is 9. The third kappa shape index (κ3) is 19.5. The van der Waals surface area contributed by atoms with Crippen LogP contribution in [0.5, 0.6) is 0 Å². The Labute approximate surface area is 181 Å². The van der Waals surface area contributed by atoms with E-state index >= 15 is 0 Å². The van der Waals surface area contributed by atoms with Gasteiger partial charge < -0.3 is 16.6 Å². The molecule has 0 saturated carbocycles. The fraction of sp³-hybridized carbons (Fsp3) is 0.737. The number of nitrogens with zero attached hydrogens (tertiary/aromatic N) is 1. The molecule has 6 nitrogen and oxygen atoms in total. The molecule has 1 aromatic rings. The number of hydrogen-bond acceptors (Lipinski definition) is 3. The predicted octanol–water partition coefficient (Wildman–Crippen LogP) is 2.00. The molecule has 0 radical (unpaired) electrons. The second-order valence-corrected chi connectivity index (χ2v) is 6.36. The number of aliphatic carboxylic acids is 2. The van der Waals surface area contributed by atoms with Crippen LogP contribution in [0.3, 0.4) is 0 Å². The van der Waals surface area contributed by atoms with E-state index in [0.29, 0.717) is 6.42 Å². The van der Waals surface area contributed by atoms with Crippen molar-refractivity contribution in [3.63, 3.8) is 0 Å². The summed E-state index contributed by atoms with van der Waals surface area (Å²) in [7, 11) is 0. The third-order valence-electron chi connectivity index (χ3n) is 4.08. The van der Waals surface area contributed by atoms with Crippen LogP contribution in [0.4, 0.5) is 0 Å². The molecule has 0 fully saturated rings. The van der Waals surface area contributed by atoms with Gasteiger partial charge in [-0.2, -0.15) is 0 Å². The van der Waals surface area contributed by atoms with Crippen LogP contribution >= 0.6 is 0 Å². The van der Waals surface area contributed by atoms with E-state index < -0.39 is 17.9 Å². The van der Waals surface area contributed by atoms with Gasteiger partial charge in [-0.25, -0.2) is 4.98 Å². The Balaban J connectivity index is -0.000000706. The van der Waals surface area contributed by atoms with Crippen molar-refractivity contribution in [3.05, 3.63) is 18.7 Å². The van der Waals surface area contributed by atoms with Crippen molar-refractivity contribution in [2.45, 2.75) is 84.0 Å². The fourth-order valence-electron chi connectivity index (χ4n) is 2.62. The predicted molar refractivity (Wildman–Crippen MR) is 99.5 cm³/mol.